The molecule has 0 saturated heterocycles. The quantitative estimate of drug-likeness (QED) is 0.732. The lowest BCUT2D eigenvalue weighted by Gasteiger charge is -2.18. The zero-order valence-electron chi connectivity index (χ0n) is 9.92. The van der Waals surface area contributed by atoms with Crippen LogP contribution in [0.4, 0.5) is 11.4 Å². The number of nitrogens with one attached hydrogen (secondary N) is 1. The minimum Gasteiger partial charge on any atom is -0.397 e. The molecule has 3 nitrogen and oxygen atoms in total. The van der Waals surface area contributed by atoms with Gasteiger partial charge in [-0.3, -0.25) is 0 Å². The molecule has 0 spiro atoms. The van der Waals surface area contributed by atoms with Gasteiger partial charge in [0.1, 0.15) is 0 Å². The molecule has 3 N–H and O–H groups in total. The molecule has 0 radical (unpaired) electrons. The number of nitrogens with zero attached hydrogens (tertiary/aromatic N) is 1. The Hall–Kier alpha value is -0.930. The van der Waals surface area contributed by atoms with E-state index in [0.29, 0.717) is 0 Å². The number of fused-ring (bicyclic) bond motifs is 1. The second kappa shape index (κ2) is 5.41. The molecule has 0 amide bonds. The Morgan fingerprint density at radius 2 is 1.69 bits per heavy atom. The Labute approximate surface area is 103 Å². The lowest BCUT2D eigenvalue weighted by molar-refractivity contribution is 0.711. The zero-order valence-corrected chi connectivity index (χ0v) is 10.7. The molecule has 1 aromatic rings. The first-order chi connectivity index (χ1) is 7.18. The summed E-state index contributed by atoms with van der Waals surface area (Å²) in [5, 5.41) is 3.41. The Bertz CT molecular complexity index is 364. The van der Waals surface area contributed by atoms with Crippen LogP contribution >= 0.6 is 12.4 Å². The molecule has 0 bridgehead atoms. The van der Waals surface area contributed by atoms with Gasteiger partial charge in [-0.1, -0.05) is 0 Å². The van der Waals surface area contributed by atoms with Gasteiger partial charge in [0.25, 0.3) is 0 Å². The molecular formula is C12H20ClN3. The van der Waals surface area contributed by atoms with Crippen LogP contribution in [0.3, 0.4) is 0 Å². The fraction of sp³-hybridized carbons (Fsp3) is 0.500. The van der Waals surface area contributed by atoms with Crippen molar-refractivity contribution >= 4 is 23.8 Å². The molecule has 0 fully saturated rings. The summed E-state index contributed by atoms with van der Waals surface area (Å²) in [6.45, 7) is 2.14. The number of rotatable bonds is 1. The van der Waals surface area contributed by atoms with Crippen molar-refractivity contribution in [2.75, 3.05) is 37.8 Å². The third-order valence-electron chi connectivity index (χ3n) is 2.97. The second-order valence-electron chi connectivity index (χ2n) is 4.32. The highest BCUT2D eigenvalue weighted by Gasteiger charge is 2.11. The monoisotopic (exact) mass is 241 g/mol. The number of hydrogen-bond donors (Lipinski definition) is 2. The third kappa shape index (κ3) is 2.60. The molecule has 0 aromatic heterocycles. The summed E-state index contributed by atoms with van der Waals surface area (Å²) in [6, 6.07) is 4.37. The van der Waals surface area contributed by atoms with Crippen LogP contribution in [0.2, 0.25) is 0 Å². The Balaban J connectivity index is 0.00000128. The molecule has 4 heteroatoms. The highest BCUT2D eigenvalue weighted by Crippen LogP contribution is 2.27. The minimum absolute atomic E-state index is 0. The van der Waals surface area contributed by atoms with E-state index in [4.69, 9.17) is 5.73 Å². The predicted molar refractivity (Wildman–Crippen MR) is 72.7 cm³/mol. The summed E-state index contributed by atoms with van der Waals surface area (Å²) in [7, 11) is 4.07. The van der Waals surface area contributed by atoms with Gasteiger partial charge in [-0.25, -0.2) is 0 Å². The Kier molecular flexibility index (Phi) is 4.44. The van der Waals surface area contributed by atoms with Crippen molar-refractivity contribution in [1.82, 2.24) is 5.32 Å². The fourth-order valence-electron chi connectivity index (χ4n) is 2.12. The second-order valence-corrected chi connectivity index (χ2v) is 4.32. The van der Waals surface area contributed by atoms with Crippen LogP contribution in [0, 0.1) is 0 Å². The van der Waals surface area contributed by atoms with Crippen molar-refractivity contribution in [3.05, 3.63) is 23.3 Å². The standard InChI is InChI=1S/C12H19N3.ClH/c1-15(2)12-8-10-4-6-14-5-3-9(10)7-11(12)13;/h7-8,14H,3-6,13H2,1-2H3;1H. The van der Waals surface area contributed by atoms with Crippen molar-refractivity contribution in [1.29, 1.82) is 0 Å². The Morgan fingerprint density at radius 1 is 1.12 bits per heavy atom. The summed E-state index contributed by atoms with van der Waals surface area (Å²) < 4.78 is 0. The SMILES string of the molecule is CN(C)c1cc2c(cc1N)CCNCC2.Cl. The first-order valence-corrected chi connectivity index (χ1v) is 5.48. The summed E-state index contributed by atoms with van der Waals surface area (Å²) >= 11 is 0. The largest absolute Gasteiger partial charge is 0.397 e. The highest BCUT2D eigenvalue weighted by molar-refractivity contribution is 5.85. The summed E-state index contributed by atoms with van der Waals surface area (Å²) in [4.78, 5) is 2.08. The van der Waals surface area contributed by atoms with Crippen LogP contribution in [0.25, 0.3) is 0 Å². The number of hydrogen-bond acceptors (Lipinski definition) is 3. The van der Waals surface area contributed by atoms with Crippen LogP contribution in [-0.4, -0.2) is 27.2 Å². The van der Waals surface area contributed by atoms with Crippen LogP contribution in [0.15, 0.2) is 12.1 Å². The lowest BCUT2D eigenvalue weighted by atomic mass is 10.0. The molecule has 1 heterocycles. The van der Waals surface area contributed by atoms with Gasteiger partial charge < -0.3 is 16.0 Å². The maximum atomic E-state index is 6.03. The van der Waals surface area contributed by atoms with Gasteiger partial charge >= 0.3 is 0 Å². The molecular weight excluding hydrogens is 222 g/mol. The van der Waals surface area contributed by atoms with Gasteiger partial charge in [0, 0.05) is 14.1 Å². The van der Waals surface area contributed by atoms with Crippen LogP contribution < -0.4 is 16.0 Å². The van der Waals surface area contributed by atoms with E-state index < -0.39 is 0 Å². The van der Waals surface area contributed by atoms with Crippen molar-refractivity contribution in [2.24, 2.45) is 0 Å². The average Bonchev–Trinajstić information content (AvgIpc) is 2.40. The van der Waals surface area contributed by atoms with Gasteiger partial charge in [0.15, 0.2) is 0 Å². The maximum absolute atomic E-state index is 6.03. The number of anilines is 2. The minimum atomic E-state index is 0. The fourth-order valence-corrected chi connectivity index (χ4v) is 2.12. The predicted octanol–water partition coefficient (Wildman–Crippen LogP) is 1.44. The number of nitrogen functional groups attached to an aromatic ring is 1. The molecule has 1 aliphatic rings. The van der Waals surface area contributed by atoms with Crippen LogP contribution in [0.1, 0.15) is 11.1 Å². The summed E-state index contributed by atoms with van der Waals surface area (Å²) in [5.74, 6) is 0. The molecule has 0 saturated carbocycles. The van der Waals surface area contributed by atoms with E-state index in [2.05, 4.69) is 22.3 Å². The third-order valence-corrected chi connectivity index (χ3v) is 2.97. The number of nitrogens with two attached hydrogens (primary N) is 1. The zero-order chi connectivity index (χ0) is 10.8. The number of halogens is 1. The molecule has 1 aliphatic heterocycles. The van der Waals surface area contributed by atoms with Crippen molar-refractivity contribution in [2.45, 2.75) is 12.8 Å². The van der Waals surface area contributed by atoms with Gasteiger partial charge in [-0.05, 0) is 49.2 Å². The van der Waals surface area contributed by atoms with E-state index in [1.807, 2.05) is 14.1 Å². The summed E-state index contributed by atoms with van der Waals surface area (Å²) in [5.41, 5.74) is 10.9. The van der Waals surface area contributed by atoms with E-state index in [0.717, 1.165) is 37.3 Å². The molecule has 1 aromatic carbocycles. The highest BCUT2D eigenvalue weighted by atomic mass is 35.5. The first kappa shape index (κ1) is 13.1. The van der Waals surface area contributed by atoms with Gasteiger partial charge in [0.2, 0.25) is 0 Å². The van der Waals surface area contributed by atoms with Crippen molar-refractivity contribution < 1.29 is 0 Å². The van der Waals surface area contributed by atoms with E-state index in [-0.39, 0.29) is 12.4 Å². The smallest absolute Gasteiger partial charge is 0.0597 e. The molecule has 0 aliphatic carbocycles. The van der Waals surface area contributed by atoms with E-state index in [1.165, 1.54) is 11.1 Å². The van der Waals surface area contributed by atoms with Crippen LogP contribution in [-0.2, 0) is 12.8 Å². The van der Waals surface area contributed by atoms with Crippen molar-refractivity contribution in [3.63, 3.8) is 0 Å². The van der Waals surface area contributed by atoms with E-state index in [9.17, 15) is 0 Å². The summed E-state index contributed by atoms with van der Waals surface area (Å²) in [6.07, 6.45) is 2.20. The molecule has 16 heavy (non-hydrogen) atoms. The molecule has 0 unspecified atom stereocenters. The van der Waals surface area contributed by atoms with Gasteiger partial charge in [0.05, 0.1) is 11.4 Å². The van der Waals surface area contributed by atoms with E-state index in [1.54, 1.807) is 0 Å². The average molecular weight is 242 g/mol. The normalized spacial score (nSPS) is 14.6. The van der Waals surface area contributed by atoms with Crippen molar-refractivity contribution in [3.8, 4) is 0 Å². The maximum Gasteiger partial charge on any atom is 0.0597 e. The van der Waals surface area contributed by atoms with E-state index >= 15 is 0 Å². The van der Waals surface area contributed by atoms with Gasteiger partial charge in [-0.2, -0.15) is 0 Å². The topological polar surface area (TPSA) is 41.3 Å². The van der Waals surface area contributed by atoms with Gasteiger partial charge in [-0.15, -0.1) is 12.4 Å². The Morgan fingerprint density at radius 3 is 2.25 bits per heavy atom. The molecule has 90 valence electrons. The van der Waals surface area contributed by atoms with Crippen LogP contribution in [0.5, 0.6) is 0 Å². The first-order valence-electron chi connectivity index (χ1n) is 5.48. The molecule has 2 rings (SSSR count). The lowest BCUT2D eigenvalue weighted by Crippen LogP contribution is -2.16. The molecule has 0 atom stereocenters. The number of benzene rings is 1.